The molecule has 3 N–H and O–H groups in total. The Bertz CT molecular complexity index is 1050. The Hall–Kier alpha value is -1.03. The number of rotatable bonds is 5. The van der Waals surface area contributed by atoms with Crippen molar-refractivity contribution in [3.05, 3.63) is 57.0 Å². The summed E-state index contributed by atoms with van der Waals surface area (Å²) in [5.74, 6) is 0.527. The molecule has 1 aliphatic rings. The van der Waals surface area contributed by atoms with Crippen LogP contribution in [0.25, 0.3) is 11.0 Å². The lowest BCUT2D eigenvalue weighted by molar-refractivity contribution is -0.0546. The van der Waals surface area contributed by atoms with Crippen molar-refractivity contribution in [3.8, 4) is 0 Å². The van der Waals surface area contributed by atoms with E-state index in [1.54, 1.807) is 16.7 Å². The van der Waals surface area contributed by atoms with Crippen molar-refractivity contribution in [2.24, 2.45) is 0 Å². The molecule has 0 spiro atoms. The van der Waals surface area contributed by atoms with E-state index in [1.807, 2.05) is 24.3 Å². The van der Waals surface area contributed by atoms with E-state index >= 15 is 0 Å². The fourth-order valence-corrected chi connectivity index (χ4v) is 4.91. The van der Waals surface area contributed by atoms with Crippen LogP contribution in [-0.4, -0.2) is 49.8 Å². The minimum absolute atomic E-state index is 0.328. The van der Waals surface area contributed by atoms with Gasteiger partial charge in [-0.25, -0.2) is 4.98 Å². The van der Waals surface area contributed by atoms with Gasteiger partial charge in [-0.05, 0) is 23.8 Å². The molecule has 0 bridgehead atoms. The molecule has 2 heterocycles. The smallest absolute Gasteiger partial charge is 0.171 e. The number of aliphatic hydroxyl groups is 3. The van der Waals surface area contributed by atoms with Crippen LogP contribution in [0.5, 0.6) is 0 Å². The molecule has 29 heavy (non-hydrogen) atoms. The zero-order valence-electron chi connectivity index (χ0n) is 14.9. The first kappa shape index (κ1) is 21.2. The van der Waals surface area contributed by atoms with Crippen LogP contribution in [0, 0.1) is 0 Å². The molecule has 0 radical (unpaired) electrons. The SMILES string of the molecule is OCC1OC(n2c(SCc3ccccc3Cl)nc3cc(Cl)c(Cl)cc32)C(O)C1O. The molecule has 3 aromatic rings. The zero-order chi connectivity index (χ0) is 20.7. The van der Waals surface area contributed by atoms with E-state index in [1.165, 1.54) is 11.8 Å². The quantitative estimate of drug-likeness (QED) is 0.485. The summed E-state index contributed by atoms with van der Waals surface area (Å²) in [5, 5.41) is 32.0. The number of nitrogens with zero attached hydrogens (tertiary/aromatic N) is 2. The van der Waals surface area contributed by atoms with Crippen molar-refractivity contribution < 1.29 is 20.1 Å². The summed E-state index contributed by atoms with van der Waals surface area (Å²) < 4.78 is 7.40. The van der Waals surface area contributed by atoms with Gasteiger partial charge in [0.15, 0.2) is 11.4 Å². The lowest BCUT2D eigenvalue weighted by Crippen LogP contribution is -2.33. The molecule has 1 aromatic heterocycles. The van der Waals surface area contributed by atoms with Crippen molar-refractivity contribution in [1.29, 1.82) is 0 Å². The fourth-order valence-electron chi connectivity index (χ4n) is 3.27. The number of hydrogen-bond acceptors (Lipinski definition) is 6. The minimum Gasteiger partial charge on any atom is -0.394 e. The molecule has 154 valence electrons. The van der Waals surface area contributed by atoms with Gasteiger partial charge in [-0.3, -0.25) is 4.57 Å². The van der Waals surface area contributed by atoms with Crippen LogP contribution >= 0.6 is 46.6 Å². The Morgan fingerprint density at radius 2 is 1.76 bits per heavy atom. The monoisotopic (exact) mass is 474 g/mol. The molecule has 6 nitrogen and oxygen atoms in total. The van der Waals surface area contributed by atoms with Crippen molar-refractivity contribution >= 4 is 57.6 Å². The summed E-state index contributed by atoms with van der Waals surface area (Å²) in [6.07, 6.45) is -4.33. The maximum absolute atomic E-state index is 10.5. The average Bonchev–Trinajstić information content (AvgIpc) is 3.18. The Balaban J connectivity index is 1.77. The van der Waals surface area contributed by atoms with Gasteiger partial charge in [-0.1, -0.05) is 64.8 Å². The third kappa shape index (κ3) is 3.98. The van der Waals surface area contributed by atoms with Gasteiger partial charge in [0.1, 0.15) is 18.3 Å². The molecule has 1 saturated heterocycles. The number of ether oxygens (including phenoxy) is 1. The lowest BCUT2D eigenvalue weighted by Gasteiger charge is -2.20. The second-order valence-electron chi connectivity index (χ2n) is 6.63. The van der Waals surface area contributed by atoms with Crippen molar-refractivity contribution in [2.75, 3.05) is 6.61 Å². The van der Waals surface area contributed by atoms with Crippen LogP contribution < -0.4 is 0 Å². The van der Waals surface area contributed by atoms with E-state index in [0.717, 1.165) is 5.56 Å². The highest BCUT2D eigenvalue weighted by Crippen LogP contribution is 2.39. The molecule has 1 aliphatic heterocycles. The second kappa shape index (κ2) is 8.61. The molecule has 4 rings (SSSR count). The number of aliphatic hydroxyl groups excluding tert-OH is 3. The lowest BCUT2D eigenvalue weighted by atomic mass is 10.1. The van der Waals surface area contributed by atoms with E-state index in [2.05, 4.69) is 4.98 Å². The highest BCUT2D eigenvalue weighted by molar-refractivity contribution is 7.98. The normalized spacial score (nSPS) is 24.5. The molecule has 1 fully saturated rings. The summed E-state index contributed by atoms with van der Waals surface area (Å²) in [4.78, 5) is 4.62. The maximum atomic E-state index is 10.5. The second-order valence-corrected chi connectivity index (χ2v) is 8.79. The minimum atomic E-state index is -1.25. The predicted octanol–water partition coefficient (Wildman–Crippen LogP) is 3.90. The molecule has 0 saturated carbocycles. The van der Waals surface area contributed by atoms with Crippen LogP contribution in [-0.2, 0) is 10.5 Å². The van der Waals surface area contributed by atoms with Gasteiger partial charge in [0.05, 0.1) is 27.7 Å². The van der Waals surface area contributed by atoms with E-state index in [9.17, 15) is 15.3 Å². The highest BCUT2D eigenvalue weighted by atomic mass is 35.5. The molecule has 4 unspecified atom stereocenters. The Kier molecular flexibility index (Phi) is 6.30. The molecule has 10 heteroatoms. The summed E-state index contributed by atoms with van der Waals surface area (Å²) in [6.45, 7) is -0.421. The van der Waals surface area contributed by atoms with Crippen LogP contribution in [0.1, 0.15) is 11.8 Å². The first-order valence-electron chi connectivity index (χ1n) is 8.76. The highest BCUT2D eigenvalue weighted by Gasteiger charge is 2.44. The zero-order valence-corrected chi connectivity index (χ0v) is 18.0. The third-order valence-electron chi connectivity index (χ3n) is 4.79. The maximum Gasteiger partial charge on any atom is 0.171 e. The number of aromatic nitrogens is 2. The van der Waals surface area contributed by atoms with Gasteiger partial charge in [0.25, 0.3) is 0 Å². The largest absolute Gasteiger partial charge is 0.394 e. The molecular formula is C19H17Cl3N2O4S. The van der Waals surface area contributed by atoms with E-state index in [-0.39, 0.29) is 0 Å². The number of hydrogen-bond donors (Lipinski definition) is 3. The standard InChI is InChI=1S/C19H17Cl3N2O4S/c20-10-4-2-1-3-9(10)8-29-19-23-13-5-11(21)12(22)6-14(13)24(19)18-17(27)16(26)15(7-25)28-18/h1-6,15-18,25-27H,7-8H2. The molecule has 0 aliphatic carbocycles. The summed E-state index contributed by atoms with van der Waals surface area (Å²) in [5.41, 5.74) is 2.09. The molecular weight excluding hydrogens is 459 g/mol. The first-order valence-corrected chi connectivity index (χ1v) is 10.9. The topological polar surface area (TPSA) is 87.7 Å². The van der Waals surface area contributed by atoms with Crippen LogP contribution in [0.2, 0.25) is 15.1 Å². The van der Waals surface area contributed by atoms with Gasteiger partial charge < -0.3 is 20.1 Å². The van der Waals surface area contributed by atoms with E-state index in [0.29, 0.717) is 37.0 Å². The number of imidazole rings is 1. The molecule has 4 atom stereocenters. The Labute approximate surface area is 186 Å². The van der Waals surface area contributed by atoms with Gasteiger partial charge >= 0.3 is 0 Å². The van der Waals surface area contributed by atoms with Crippen LogP contribution in [0.3, 0.4) is 0 Å². The summed E-state index contributed by atoms with van der Waals surface area (Å²) >= 11 is 20.0. The van der Waals surface area contributed by atoms with Gasteiger partial charge in [0, 0.05) is 10.8 Å². The van der Waals surface area contributed by atoms with Crippen molar-refractivity contribution in [2.45, 2.75) is 35.4 Å². The molecule has 0 amide bonds. The van der Waals surface area contributed by atoms with Crippen LogP contribution in [0.15, 0.2) is 41.6 Å². The Morgan fingerprint density at radius 1 is 1.03 bits per heavy atom. The summed E-state index contributed by atoms with van der Waals surface area (Å²) in [7, 11) is 0. The summed E-state index contributed by atoms with van der Waals surface area (Å²) in [6, 6.07) is 10.8. The first-order chi connectivity index (χ1) is 13.9. The average molecular weight is 476 g/mol. The van der Waals surface area contributed by atoms with E-state index in [4.69, 9.17) is 39.5 Å². The van der Waals surface area contributed by atoms with Gasteiger partial charge in [-0.2, -0.15) is 0 Å². The predicted molar refractivity (Wildman–Crippen MR) is 114 cm³/mol. The number of halogens is 3. The van der Waals surface area contributed by atoms with Gasteiger partial charge in [-0.15, -0.1) is 0 Å². The van der Waals surface area contributed by atoms with Crippen LogP contribution in [0.4, 0.5) is 0 Å². The van der Waals surface area contributed by atoms with Crippen molar-refractivity contribution in [1.82, 2.24) is 9.55 Å². The number of fused-ring (bicyclic) bond motifs is 1. The molecule has 2 aromatic carbocycles. The Morgan fingerprint density at radius 3 is 2.45 bits per heavy atom. The van der Waals surface area contributed by atoms with Gasteiger partial charge in [0.2, 0.25) is 0 Å². The third-order valence-corrected chi connectivity index (χ3v) is 6.88. The van der Waals surface area contributed by atoms with E-state index < -0.39 is 31.1 Å². The van der Waals surface area contributed by atoms with Crippen molar-refractivity contribution in [3.63, 3.8) is 0 Å². The number of thioether (sulfide) groups is 1. The fraction of sp³-hybridized carbons (Fsp3) is 0.316. The number of benzene rings is 2.